The lowest BCUT2D eigenvalue weighted by molar-refractivity contribution is 0.970. The van der Waals surface area contributed by atoms with Crippen molar-refractivity contribution in [2.75, 3.05) is 0 Å². The molecule has 0 amide bonds. The molecule has 0 unspecified atom stereocenters. The van der Waals surface area contributed by atoms with E-state index in [-0.39, 0.29) is 0 Å². The molecule has 108 valence electrons. The van der Waals surface area contributed by atoms with Crippen molar-refractivity contribution in [1.29, 1.82) is 0 Å². The Bertz CT molecular complexity index is 964. The molecule has 4 rings (SSSR count). The maximum Gasteiger partial charge on any atom is 0.235 e. The molecule has 0 fully saturated rings. The first-order chi connectivity index (χ1) is 10.7. The predicted molar refractivity (Wildman–Crippen MR) is 87.3 cm³/mol. The van der Waals surface area contributed by atoms with E-state index < -0.39 is 0 Å². The molecule has 0 aliphatic rings. The van der Waals surface area contributed by atoms with Crippen molar-refractivity contribution in [3.63, 3.8) is 0 Å². The van der Waals surface area contributed by atoms with E-state index >= 15 is 0 Å². The molecule has 0 aliphatic heterocycles. The van der Waals surface area contributed by atoms with Crippen LogP contribution < -0.4 is 0 Å². The van der Waals surface area contributed by atoms with Gasteiger partial charge in [-0.2, -0.15) is 9.61 Å². The van der Waals surface area contributed by atoms with Crippen LogP contribution in [0.5, 0.6) is 0 Å². The van der Waals surface area contributed by atoms with Crippen LogP contribution in [0.1, 0.15) is 0 Å². The molecule has 8 heteroatoms. The molecule has 0 radical (unpaired) electrons. The highest BCUT2D eigenvalue weighted by Gasteiger charge is 2.16. The van der Waals surface area contributed by atoms with Crippen LogP contribution >= 0.6 is 34.5 Å². The van der Waals surface area contributed by atoms with Gasteiger partial charge in [0.1, 0.15) is 5.01 Å². The first kappa shape index (κ1) is 13.6. The predicted octanol–water partition coefficient (Wildman–Crippen LogP) is 4.22. The minimum atomic E-state index is 0.514. The van der Waals surface area contributed by atoms with E-state index in [1.54, 1.807) is 29.0 Å². The number of rotatable bonds is 2. The average molecular weight is 348 g/mol. The summed E-state index contributed by atoms with van der Waals surface area (Å²) in [6, 6.07) is 9.06. The Morgan fingerprint density at radius 1 is 1.00 bits per heavy atom. The zero-order chi connectivity index (χ0) is 15.1. The van der Waals surface area contributed by atoms with Crippen molar-refractivity contribution in [2.24, 2.45) is 0 Å². The number of pyridine rings is 1. The fourth-order valence-corrected chi connectivity index (χ4v) is 3.40. The van der Waals surface area contributed by atoms with Crippen LogP contribution in [-0.2, 0) is 0 Å². The summed E-state index contributed by atoms with van der Waals surface area (Å²) in [4.78, 5) is 4.71. The van der Waals surface area contributed by atoms with Gasteiger partial charge in [-0.3, -0.25) is 4.98 Å². The molecule has 0 N–H and O–H groups in total. The van der Waals surface area contributed by atoms with Crippen molar-refractivity contribution in [2.45, 2.75) is 0 Å². The number of aromatic nitrogens is 5. The SMILES string of the molecule is Clc1ccc(-c2nnc3sc(-c4ccncc4)nn23)c(Cl)c1. The second-order valence-electron chi connectivity index (χ2n) is 4.49. The third-order valence-corrected chi connectivity index (χ3v) is 4.59. The molecule has 3 heterocycles. The zero-order valence-electron chi connectivity index (χ0n) is 10.9. The van der Waals surface area contributed by atoms with Gasteiger partial charge in [0, 0.05) is 28.5 Å². The van der Waals surface area contributed by atoms with E-state index in [9.17, 15) is 0 Å². The number of hydrogen-bond donors (Lipinski definition) is 0. The standard InChI is InChI=1S/C14H7Cl2N5S/c15-9-1-2-10(11(16)7-9)12-18-19-14-21(12)20-13(22-14)8-3-5-17-6-4-8/h1-7H. The number of fused-ring (bicyclic) bond motifs is 1. The number of hydrogen-bond acceptors (Lipinski definition) is 5. The number of benzene rings is 1. The van der Waals surface area contributed by atoms with Crippen LogP contribution in [0.2, 0.25) is 10.0 Å². The molecule has 22 heavy (non-hydrogen) atoms. The van der Waals surface area contributed by atoms with Gasteiger partial charge in [-0.15, -0.1) is 10.2 Å². The lowest BCUT2D eigenvalue weighted by atomic mass is 10.2. The van der Waals surface area contributed by atoms with Crippen LogP contribution in [0.3, 0.4) is 0 Å². The second-order valence-corrected chi connectivity index (χ2v) is 6.28. The first-order valence-corrected chi connectivity index (χ1v) is 7.88. The van der Waals surface area contributed by atoms with Crippen LogP contribution in [0.25, 0.3) is 26.9 Å². The van der Waals surface area contributed by atoms with Gasteiger partial charge in [-0.1, -0.05) is 34.5 Å². The van der Waals surface area contributed by atoms with Crippen LogP contribution in [0.15, 0.2) is 42.7 Å². The van der Waals surface area contributed by atoms with Crippen molar-refractivity contribution >= 4 is 39.5 Å². The topological polar surface area (TPSA) is 56.0 Å². The number of nitrogens with zero attached hydrogens (tertiary/aromatic N) is 5. The van der Waals surface area contributed by atoms with Crippen molar-refractivity contribution in [3.05, 3.63) is 52.8 Å². The third-order valence-electron chi connectivity index (χ3n) is 3.09. The molecule has 0 aliphatic carbocycles. The zero-order valence-corrected chi connectivity index (χ0v) is 13.3. The Hall–Kier alpha value is -2.02. The molecule has 4 aromatic rings. The van der Waals surface area contributed by atoms with E-state index in [2.05, 4.69) is 20.3 Å². The molecule has 0 spiro atoms. The maximum absolute atomic E-state index is 6.25. The Morgan fingerprint density at radius 2 is 1.82 bits per heavy atom. The molecular weight excluding hydrogens is 341 g/mol. The van der Waals surface area contributed by atoms with Crippen molar-refractivity contribution < 1.29 is 0 Å². The van der Waals surface area contributed by atoms with E-state index in [1.807, 2.05) is 18.2 Å². The quantitative estimate of drug-likeness (QED) is 0.544. The molecular formula is C14H7Cl2N5S. The molecule has 3 aromatic heterocycles. The van der Waals surface area contributed by atoms with Gasteiger partial charge in [0.15, 0.2) is 5.82 Å². The highest BCUT2D eigenvalue weighted by molar-refractivity contribution is 7.19. The summed E-state index contributed by atoms with van der Waals surface area (Å²) in [5, 5.41) is 14.8. The minimum Gasteiger partial charge on any atom is -0.265 e. The lowest BCUT2D eigenvalue weighted by Crippen LogP contribution is -1.91. The highest BCUT2D eigenvalue weighted by Crippen LogP contribution is 2.32. The Balaban J connectivity index is 1.88. The fraction of sp³-hybridized carbons (Fsp3) is 0. The summed E-state index contributed by atoms with van der Waals surface area (Å²) in [7, 11) is 0. The van der Waals surface area contributed by atoms with E-state index in [0.29, 0.717) is 20.8 Å². The lowest BCUT2D eigenvalue weighted by Gasteiger charge is -2.01. The van der Waals surface area contributed by atoms with Gasteiger partial charge in [0.05, 0.1) is 5.02 Å². The van der Waals surface area contributed by atoms with Crippen LogP contribution in [-0.4, -0.2) is 24.8 Å². The summed E-state index contributed by atoms with van der Waals surface area (Å²) in [6.07, 6.45) is 3.46. The monoisotopic (exact) mass is 347 g/mol. The largest absolute Gasteiger partial charge is 0.265 e. The molecule has 1 aromatic carbocycles. The van der Waals surface area contributed by atoms with E-state index in [1.165, 1.54) is 11.3 Å². The summed E-state index contributed by atoms with van der Waals surface area (Å²) in [5.74, 6) is 0.591. The molecule has 0 atom stereocenters. The van der Waals surface area contributed by atoms with Crippen molar-refractivity contribution in [1.82, 2.24) is 24.8 Å². The van der Waals surface area contributed by atoms with Crippen LogP contribution in [0.4, 0.5) is 0 Å². The summed E-state index contributed by atoms with van der Waals surface area (Å²) in [5.41, 5.74) is 1.73. The Kier molecular flexibility index (Phi) is 3.29. The van der Waals surface area contributed by atoms with Gasteiger partial charge in [-0.25, -0.2) is 0 Å². The van der Waals surface area contributed by atoms with Crippen LogP contribution in [0, 0.1) is 0 Å². The van der Waals surface area contributed by atoms with Gasteiger partial charge in [0.25, 0.3) is 0 Å². The summed E-state index contributed by atoms with van der Waals surface area (Å²) < 4.78 is 1.69. The fourth-order valence-electron chi connectivity index (χ4n) is 2.07. The molecule has 0 saturated heterocycles. The molecule has 0 saturated carbocycles. The van der Waals surface area contributed by atoms with E-state index in [4.69, 9.17) is 23.2 Å². The third kappa shape index (κ3) is 2.25. The van der Waals surface area contributed by atoms with E-state index in [0.717, 1.165) is 16.1 Å². The summed E-state index contributed by atoms with van der Waals surface area (Å²) in [6.45, 7) is 0. The van der Waals surface area contributed by atoms with Gasteiger partial charge in [0.2, 0.25) is 4.96 Å². The number of halogens is 2. The second kappa shape index (κ2) is 5.31. The Labute approximate surface area is 139 Å². The maximum atomic E-state index is 6.25. The normalized spacial score (nSPS) is 11.2. The molecule has 0 bridgehead atoms. The highest BCUT2D eigenvalue weighted by atomic mass is 35.5. The first-order valence-electron chi connectivity index (χ1n) is 6.30. The minimum absolute atomic E-state index is 0.514. The smallest absolute Gasteiger partial charge is 0.235 e. The van der Waals surface area contributed by atoms with Gasteiger partial charge < -0.3 is 0 Å². The van der Waals surface area contributed by atoms with Gasteiger partial charge >= 0.3 is 0 Å². The van der Waals surface area contributed by atoms with Gasteiger partial charge in [-0.05, 0) is 30.3 Å². The average Bonchev–Trinajstić information content (AvgIpc) is 3.09. The van der Waals surface area contributed by atoms with Crippen molar-refractivity contribution in [3.8, 4) is 22.0 Å². The molecule has 5 nitrogen and oxygen atoms in total. The summed E-state index contributed by atoms with van der Waals surface area (Å²) >= 11 is 13.6. The Morgan fingerprint density at radius 3 is 2.59 bits per heavy atom.